The lowest BCUT2D eigenvalue weighted by molar-refractivity contribution is 0.201. The molecular weight excluding hydrogens is 602 g/mol. The molecule has 13 heteroatoms. The molecule has 2 unspecified atom stereocenters. The maximum atomic E-state index is 13.4. The highest BCUT2D eigenvalue weighted by Gasteiger charge is 2.52. The van der Waals surface area contributed by atoms with Crippen molar-refractivity contribution in [1.82, 2.24) is 19.9 Å². The van der Waals surface area contributed by atoms with Crippen molar-refractivity contribution in [3.63, 3.8) is 0 Å². The van der Waals surface area contributed by atoms with Crippen LogP contribution in [0.15, 0.2) is 40.1 Å². The van der Waals surface area contributed by atoms with Gasteiger partial charge in [-0.25, -0.2) is 18.4 Å². The maximum absolute atomic E-state index is 13.4. The number of H-pyrrole nitrogens is 2. The molecule has 4 aromatic rings. The number of aryl methyl sites for hydroxylation is 2. The summed E-state index contributed by atoms with van der Waals surface area (Å²) < 4.78 is 36.7. The smallest absolute Gasteiger partial charge is 0.337 e. The van der Waals surface area contributed by atoms with Crippen LogP contribution >= 0.6 is 0 Å². The number of nitrogens with one attached hydrogen (secondary N) is 2. The van der Waals surface area contributed by atoms with Crippen LogP contribution < -0.4 is 22.4 Å². The quantitative estimate of drug-likeness (QED) is 0.203. The van der Waals surface area contributed by atoms with Gasteiger partial charge in [-0.05, 0) is 112 Å². The van der Waals surface area contributed by atoms with Gasteiger partial charge >= 0.3 is 11.3 Å². The molecule has 3 N–H and O–H groups in total. The van der Waals surface area contributed by atoms with E-state index >= 15 is 0 Å². The fourth-order valence-electron chi connectivity index (χ4n) is 6.52. The molecule has 0 aliphatic heterocycles. The van der Waals surface area contributed by atoms with Gasteiger partial charge in [0.05, 0.1) is 0 Å². The number of halogens is 2. The first-order valence-electron chi connectivity index (χ1n) is 16.0. The highest BCUT2D eigenvalue weighted by molar-refractivity contribution is 5.76. The van der Waals surface area contributed by atoms with Gasteiger partial charge in [-0.3, -0.25) is 9.59 Å². The fourth-order valence-corrected chi connectivity index (χ4v) is 6.52. The third-order valence-electron chi connectivity index (χ3n) is 9.86. The van der Waals surface area contributed by atoms with Gasteiger partial charge in [-0.1, -0.05) is 0 Å². The number of fused-ring (bicyclic) bond motifs is 2. The normalized spacial score (nSPS) is 19.0. The van der Waals surface area contributed by atoms with Gasteiger partial charge < -0.3 is 23.9 Å². The molecule has 4 heterocycles. The van der Waals surface area contributed by atoms with Gasteiger partial charge in [0.2, 0.25) is 11.4 Å². The van der Waals surface area contributed by atoms with E-state index in [-0.39, 0.29) is 45.9 Å². The molecule has 3 fully saturated rings. The van der Waals surface area contributed by atoms with E-state index in [1.807, 2.05) is 0 Å². The van der Waals surface area contributed by atoms with Crippen molar-refractivity contribution in [3.8, 4) is 0 Å². The number of aromatic nitrogens is 4. The van der Waals surface area contributed by atoms with Crippen LogP contribution in [0.25, 0.3) is 22.2 Å². The second kappa shape index (κ2) is 12.3. The molecule has 7 rings (SSSR count). The molecule has 4 aromatic heterocycles. The van der Waals surface area contributed by atoms with Crippen molar-refractivity contribution in [1.29, 1.82) is 0 Å². The molecule has 0 aromatic carbocycles. The molecule has 2 atom stereocenters. The van der Waals surface area contributed by atoms with Crippen LogP contribution in [0.1, 0.15) is 107 Å². The van der Waals surface area contributed by atoms with Crippen LogP contribution in [0.4, 0.5) is 8.78 Å². The summed E-state index contributed by atoms with van der Waals surface area (Å²) in [5.74, 6) is 0.559. The molecule has 0 radical (unpaired) electrons. The first kappa shape index (κ1) is 32.0. The Morgan fingerprint density at radius 3 is 1.74 bits per heavy atom. The number of aromatic amines is 2. The van der Waals surface area contributed by atoms with E-state index in [1.54, 1.807) is 0 Å². The number of hydrogen-bond donors (Lipinski definition) is 3. The van der Waals surface area contributed by atoms with E-state index in [0.29, 0.717) is 29.4 Å². The van der Waals surface area contributed by atoms with E-state index in [9.17, 15) is 33.1 Å². The van der Waals surface area contributed by atoms with Crippen molar-refractivity contribution in [2.24, 2.45) is 16.7 Å². The van der Waals surface area contributed by atoms with E-state index in [1.165, 1.54) is 51.7 Å². The Balaban J connectivity index is 0.000000162. The van der Waals surface area contributed by atoms with Gasteiger partial charge in [0.15, 0.2) is 12.3 Å². The zero-order chi connectivity index (χ0) is 32.8. The highest BCUT2D eigenvalue weighted by atomic mass is 19.1. The van der Waals surface area contributed by atoms with Crippen LogP contribution in [0.3, 0.4) is 0 Å². The van der Waals surface area contributed by atoms with Crippen LogP contribution in [0.2, 0.25) is 0 Å². The summed E-state index contributed by atoms with van der Waals surface area (Å²) in [4.78, 5) is 60.7. The second-order valence-corrected chi connectivity index (χ2v) is 13.3. The van der Waals surface area contributed by atoms with Gasteiger partial charge in [0.1, 0.15) is 22.4 Å². The van der Waals surface area contributed by atoms with Crippen molar-refractivity contribution in [2.45, 2.75) is 96.8 Å². The Morgan fingerprint density at radius 2 is 1.33 bits per heavy atom. The average Bonchev–Trinajstić information content (AvgIpc) is 3.86. The van der Waals surface area contributed by atoms with E-state index in [0.717, 1.165) is 38.0 Å². The van der Waals surface area contributed by atoms with Gasteiger partial charge in [0.25, 0.3) is 11.1 Å². The minimum absolute atomic E-state index is 0.0246. The summed E-state index contributed by atoms with van der Waals surface area (Å²) in [5.41, 5.74) is -0.614. The predicted octanol–water partition coefficient (Wildman–Crippen LogP) is 5.03. The van der Waals surface area contributed by atoms with Crippen molar-refractivity contribution in [2.75, 3.05) is 6.61 Å². The Hall–Kier alpha value is -4.00. The minimum atomic E-state index is -1.46. The monoisotopic (exact) mass is 640 g/mol. The first-order valence-corrected chi connectivity index (χ1v) is 16.0. The van der Waals surface area contributed by atoms with Crippen LogP contribution in [-0.4, -0.2) is 31.6 Å². The molecular formula is C33H38F2N4O7. The maximum Gasteiger partial charge on any atom is 0.337 e. The Bertz CT molecular complexity index is 2000. The van der Waals surface area contributed by atoms with Crippen LogP contribution in [-0.2, 0) is 12.8 Å². The first-order chi connectivity index (χ1) is 21.9. The van der Waals surface area contributed by atoms with Gasteiger partial charge in [-0.2, -0.15) is 9.97 Å². The lowest BCUT2D eigenvalue weighted by Gasteiger charge is -2.14. The molecule has 3 aliphatic rings. The Labute approximate surface area is 261 Å². The van der Waals surface area contributed by atoms with E-state index in [4.69, 9.17) is 8.83 Å². The van der Waals surface area contributed by atoms with Crippen molar-refractivity contribution < 1.29 is 22.7 Å². The summed E-state index contributed by atoms with van der Waals surface area (Å²) >= 11 is 0. The molecule has 0 saturated heterocycles. The molecule has 246 valence electrons. The third-order valence-corrected chi connectivity index (χ3v) is 9.86. The van der Waals surface area contributed by atoms with Crippen LogP contribution in [0, 0.1) is 16.7 Å². The lowest BCUT2D eigenvalue weighted by Crippen LogP contribution is -2.17. The molecule has 0 bridgehead atoms. The average molecular weight is 641 g/mol. The minimum Gasteiger partial charge on any atom is -0.403 e. The molecule has 3 aliphatic carbocycles. The highest BCUT2D eigenvalue weighted by Crippen LogP contribution is 2.63. The number of hydrogen-bond acceptors (Lipinski definition) is 9. The van der Waals surface area contributed by atoms with Gasteiger partial charge in [0, 0.05) is 18.7 Å². The summed E-state index contributed by atoms with van der Waals surface area (Å²) in [6, 6.07) is 2.66. The topological polar surface area (TPSA) is 172 Å². The number of alkyl halides is 2. The summed E-state index contributed by atoms with van der Waals surface area (Å²) in [6.45, 7) is 2.69. The molecule has 0 spiro atoms. The van der Waals surface area contributed by atoms with Crippen molar-refractivity contribution in [3.05, 3.63) is 76.5 Å². The second-order valence-electron chi connectivity index (χ2n) is 13.3. The zero-order valence-electron chi connectivity index (χ0n) is 25.9. The van der Waals surface area contributed by atoms with Crippen molar-refractivity contribution >= 4 is 22.2 Å². The number of nitrogens with zero attached hydrogens (tertiary/aromatic N) is 2. The molecule has 11 nitrogen and oxygen atoms in total. The Morgan fingerprint density at radius 1 is 0.826 bits per heavy atom. The standard InChI is InChI=1S/C17H19FN2O3.C16H19FN2O4/c1-9(18)14-19-15(22)13-10(8-12(21)23-16(13)20-14)4-5-17(6-7-17)11-2-3-11;1-9(17)13-18-14(22)12-10(7-11(21)23-15(12)19-13)3-2-4-16(8-20)5-6-16/h8-9,11H,2-7H2,1H3,(H,19,20,22);7,9,20H,2-6,8H2,1H3,(H,18,19,22). The third kappa shape index (κ3) is 6.74. The predicted molar refractivity (Wildman–Crippen MR) is 165 cm³/mol. The number of aliphatic hydroxyl groups is 1. The Kier molecular flexibility index (Phi) is 8.55. The molecule has 3 saturated carbocycles. The lowest BCUT2D eigenvalue weighted by atomic mass is 9.91. The fraction of sp³-hybridized carbons (Fsp3) is 0.576. The number of rotatable bonds is 11. The van der Waals surface area contributed by atoms with E-state index in [2.05, 4.69) is 19.9 Å². The zero-order valence-corrected chi connectivity index (χ0v) is 25.9. The number of aliphatic hydroxyl groups excluding tert-OH is 1. The largest absolute Gasteiger partial charge is 0.403 e. The summed E-state index contributed by atoms with van der Waals surface area (Å²) in [6.07, 6.45) is 7.99. The van der Waals surface area contributed by atoms with Gasteiger partial charge in [-0.15, -0.1) is 0 Å². The summed E-state index contributed by atoms with van der Waals surface area (Å²) in [7, 11) is 0. The molecule has 0 amide bonds. The summed E-state index contributed by atoms with van der Waals surface area (Å²) in [5, 5.41) is 9.81. The van der Waals surface area contributed by atoms with Crippen LogP contribution in [0.5, 0.6) is 0 Å². The van der Waals surface area contributed by atoms with E-state index < -0.39 is 34.7 Å². The SMILES string of the molecule is CC(F)c1nc2oc(=O)cc(CCC3(C4CC4)CC3)c2c(=O)[nH]1.CC(F)c1nc2oc(=O)cc(CCCC3(CO)CC3)c2c(=O)[nH]1. The molecule has 46 heavy (non-hydrogen) atoms.